The molecule has 124 valence electrons. The number of carbonyl (C=O) groups excluding carboxylic acids is 1. The summed E-state index contributed by atoms with van der Waals surface area (Å²) in [6.45, 7) is 1.85. The first-order valence-electron chi connectivity index (χ1n) is 7.67. The van der Waals surface area contributed by atoms with E-state index in [1.54, 1.807) is 59.5 Å². The number of pyridine rings is 2. The van der Waals surface area contributed by atoms with Crippen LogP contribution in [-0.2, 0) is 7.05 Å². The number of aromatic nitrogens is 6. The molecule has 4 aromatic rings. The SMILES string of the molecule is Cc1cc(C(=O)Nc2ccc(-n3ccnc3)nc2)c2cnn(C)c2n1. The molecule has 0 saturated carbocycles. The minimum atomic E-state index is -0.222. The fraction of sp³-hybridized carbons (Fsp3) is 0.118. The van der Waals surface area contributed by atoms with Crippen molar-refractivity contribution in [3.8, 4) is 5.82 Å². The fourth-order valence-corrected chi connectivity index (χ4v) is 2.63. The number of fused-ring (bicyclic) bond motifs is 1. The summed E-state index contributed by atoms with van der Waals surface area (Å²) in [5.41, 5.74) is 2.59. The lowest BCUT2D eigenvalue weighted by Crippen LogP contribution is -2.13. The maximum Gasteiger partial charge on any atom is 0.256 e. The van der Waals surface area contributed by atoms with Crippen LogP contribution in [0.25, 0.3) is 16.9 Å². The van der Waals surface area contributed by atoms with Gasteiger partial charge in [-0.1, -0.05) is 0 Å². The molecule has 0 saturated heterocycles. The Hall–Kier alpha value is -3.55. The molecule has 0 unspecified atom stereocenters. The number of aryl methyl sites for hydroxylation is 2. The standard InChI is InChI=1S/C17H15N7O/c1-11-7-13(14-9-20-23(2)16(14)21-11)17(25)22-12-3-4-15(19-8-12)24-6-5-18-10-24/h3-10H,1-2H3,(H,22,25). The Kier molecular flexibility index (Phi) is 3.50. The molecule has 0 spiro atoms. The van der Waals surface area contributed by atoms with Crippen molar-refractivity contribution in [3.05, 3.63) is 60.6 Å². The Morgan fingerprint density at radius 3 is 2.84 bits per heavy atom. The van der Waals surface area contributed by atoms with Crippen LogP contribution in [0.1, 0.15) is 16.1 Å². The van der Waals surface area contributed by atoms with E-state index in [2.05, 4.69) is 25.4 Å². The number of hydrogen-bond acceptors (Lipinski definition) is 5. The molecule has 1 amide bonds. The van der Waals surface area contributed by atoms with Crippen molar-refractivity contribution in [2.75, 3.05) is 5.32 Å². The summed E-state index contributed by atoms with van der Waals surface area (Å²) in [7, 11) is 1.80. The molecule has 8 nitrogen and oxygen atoms in total. The zero-order valence-electron chi connectivity index (χ0n) is 13.7. The summed E-state index contributed by atoms with van der Waals surface area (Å²) >= 11 is 0. The van der Waals surface area contributed by atoms with Gasteiger partial charge in [0.05, 0.1) is 29.0 Å². The molecule has 0 aromatic carbocycles. The third-order valence-electron chi connectivity index (χ3n) is 3.85. The number of hydrogen-bond donors (Lipinski definition) is 1. The van der Waals surface area contributed by atoms with Gasteiger partial charge in [0.1, 0.15) is 12.1 Å². The molecule has 0 aliphatic heterocycles. The molecule has 8 heteroatoms. The molecule has 0 radical (unpaired) electrons. The van der Waals surface area contributed by atoms with Gasteiger partial charge in [-0.3, -0.25) is 14.0 Å². The summed E-state index contributed by atoms with van der Waals surface area (Å²) in [5.74, 6) is 0.505. The molecule has 0 bridgehead atoms. The first-order chi connectivity index (χ1) is 12.1. The van der Waals surface area contributed by atoms with Crippen molar-refractivity contribution in [1.29, 1.82) is 0 Å². The molecule has 4 aromatic heterocycles. The lowest BCUT2D eigenvalue weighted by molar-refractivity contribution is 0.102. The molecule has 0 fully saturated rings. The third-order valence-corrected chi connectivity index (χ3v) is 3.85. The number of nitrogens with one attached hydrogen (secondary N) is 1. The Morgan fingerprint density at radius 2 is 2.12 bits per heavy atom. The van der Waals surface area contributed by atoms with Crippen molar-refractivity contribution in [2.45, 2.75) is 6.92 Å². The van der Waals surface area contributed by atoms with E-state index in [1.165, 1.54) is 0 Å². The summed E-state index contributed by atoms with van der Waals surface area (Å²) in [4.78, 5) is 25.4. The molecule has 4 rings (SSSR count). The molecular formula is C17H15N7O. The quantitative estimate of drug-likeness (QED) is 0.620. The number of carbonyl (C=O) groups is 1. The van der Waals surface area contributed by atoms with Gasteiger partial charge >= 0.3 is 0 Å². The summed E-state index contributed by atoms with van der Waals surface area (Å²) < 4.78 is 3.44. The van der Waals surface area contributed by atoms with Gasteiger partial charge < -0.3 is 5.32 Å². The van der Waals surface area contributed by atoms with Crippen molar-refractivity contribution >= 4 is 22.6 Å². The maximum atomic E-state index is 12.7. The smallest absolute Gasteiger partial charge is 0.256 e. The third kappa shape index (κ3) is 2.74. The first kappa shape index (κ1) is 15.0. The van der Waals surface area contributed by atoms with E-state index in [-0.39, 0.29) is 5.91 Å². The molecule has 1 N–H and O–H groups in total. The highest BCUT2D eigenvalue weighted by Gasteiger charge is 2.15. The number of anilines is 1. The lowest BCUT2D eigenvalue weighted by atomic mass is 10.1. The van der Waals surface area contributed by atoms with Crippen LogP contribution >= 0.6 is 0 Å². The van der Waals surface area contributed by atoms with E-state index >= 15 is 0 Å². The monoisotopic (exact) mass is 333 g/mol. The number of nitrogens with zero attached hydrogens (tertiary/aromatic N) is 6. The van der Waals surface area contributed by atoms with Crippen LogP contribution in [0, 0.1) is 6.92 Å². The van der Waals surface area contributed by atoms with E-state index in [0.717, 1.165) is 11.5 Å². The highest BCUT2D eigenvalue weighted by molar-refractivity contribution is 6.11. The number of amides is 1. The van der Waals surface area contributed by atoms with Gasteiger partial charge in [-0.2, -0.15) is 5.10 Å². The molecular weight excluding hydrogens is 318 g/mol. The number of imidazole rings is 1. The van der Waals surface area contributed by atoms with Crippen LogP contribution < -0.4 is 5.32 Å². The molecule has 25 heavy (non-hydrogen) atoms. The van der Waals surface area contributed by atoms with Crippen LogP contribution in [-0.4, -0.2) is 35.2 Å². The second kappa shape index (κ2) is 5.82. The van der Waals surface area contributed by atoms with Crippen molar-refractivity contribution in [1.82, 2.24) is 29.3 Å². The second-order valence-corrected chi connectivity index (χ2v) is 5.65. The zero-order chi connectivity index (χ0) is 17.4. The van der Waals surface area contributed by atoms with Crippen LogP contribution in [0.4, 0.5) is 5.69 Å². The molecule has 4 heterocycles. The van der Waals surface area contributed by atoms with Gasteiger partial charge in [0.15, 0.2) is 5.65 Å². The van der Waals surface area contributed by atoms with Crippen LogP contribution in [0.3, 0.4) is 0 Å². The van der Waals surface area contributed by atoms with Gasteiger partial charge in [-0.05, 0) is 25.1 Å². The van der Waals surface area contributed by atoms with Crippen molar-refractivity contribution in [2.24, 2.45) is 7.05 Å². The minimum absolute atomic E-state index is 0.222. The van der Waals surface area contributed by atoms with Gasteiger partial charge in [0, 0.05) is 25.1 Å². The van der Waals surface area contributed by atoms with Gasteiger partial charge in [-0.25, -0.2) is 15.0 Å². The van der Waals surface area contributed by atoms with Crippen LogP contribution in [0.15, 0.2) is 49.3 Å². The van der Waals surface area contributed by atoms with E-state index in [0.29, 0.717) is 22.3 Å². The Morgan fingerprint density at radius 1 is 1.24 bits per heavy atom. The lowest BCUT2D eigenvalue weighted by Gasteiger charge is -2.08. The van der Waals surface area contributed by atoms with Crippen molar-refractivity contribution < 1.29 is 4.79 Å². The average Bonchev–Trinajstić information content (AvgIpc) is 3.26. The van der Waals surface area contributed by atoms with Gasteiger partial charge in [-0.15, -0.1) is 0 Å². The first-order valence-corrected chi connectivity index (χ1v) is 7.67. The molecule has 0 aliphatic rings. The van der Waals surface area contributed by atoms with Crippen LogP contribution in [0.5, 0.6) is 0 Å². The van der Waals surface area contributed by atoms with Crippen LogP contribution in [0.2, 0.25) is 0 Å². The summed E-state index contributed by atoms with van der Waals surface area (Å²) in [5, 5.41) is 7.76. The van der Waals surface area contributed by atoms with E-state index in [4.69, 9.17) is 0 Å². The maximum absolute atomic E-state index is 12.7. The van der Waals surface area contributed by atoms with E-state index < -0.39 is 0 Å². The Labute approximate surface area is 143 Å². The topological polar surface area (TPSA) is 90.5 Å². The minimum Gasteiger partial charge on any atom is -0.321 e. The molecule has 0 atom stereocenters. The Bertz CT molecular complexity index is 1050. The predicted octanol–water partition coefficient (Wildman–Crippen LogP) is 2.11. The summed E-state index contributed by atoms with van der Waals surface area (Å²) in [6, 6.07) is 5.37. The molecule has 0 aliphatic carbocycles. The Balaban J connectivity index is 1.62. The fourth-order valence-electron chi connectivity index (χ4n) is 2.63. The predicted molar refractivity (Wildman–Crippen MR) is 92.6 cm³/mol. The summed E-state index contributed by atoms with van der Waals surface area (Å²) in [6.07, 6.45) is 8.42. The van der Waals surface area contributed by atoms with Gasteiger partial charge in [0.25, 0.3) is 5.91 Å². The van der Waals surface area contributed by atoms with Crippen molar-refractivity contribution in [3.63, 3.8) is 0 Å². The highest BCUT2D eigenvalue weighted by atomic mass is 16.1. The zero-order valence-corrected chi connectivity index (χ0v) is 13.7. The van der Waals surface area contributed by atoms with E-state index in [9.17, 15) is 4.79 Å². The largest absolute Gasteiger partial charge is 0.321 e. The van der Waals surface area contributed by atoms with Gasteiger partial charge in [0.2, 0.25) is 0 Å². The highest BCUT2D eigenvalue weighted by Crippen LogP contribution is 2.19. The number of rotatable bonds is 3. The second-order valence-electron chi connectivity index (χ2n) is 5.65. The van der Waals surface area contributed by atoms with E-state index in [1.807, 2.05) is 13.0 Å². The normalized spacial score (nSPS) is 11.0. The average molecular weight is 333 g/mol.